The molecule has 0 spiro atoms. The quantitative estimate of drug-likeness (QED) is 0.456. The van der Waals surface area contributed by atoms with Crippen molar-refractivity contribution >= 4 is 17.5 Å². The lowest BCUT2D eigenvalue weighted by atomic mass is 10.2. The molecule has 0 bridgehead atoms. The Morgan fingerprint density at radius 3 is 2.65 bits per heavy atom. The van der Waals surface area contributed by atoms with Crippen LogP contribution in [0.25, 0.3) is 0 Å². The Kier molecular flexibility index (Phi) is 2.78. The van der Waals surface area contributed by atoms with Crippen molar-refractivity contribution in [3.05, 3.63) is 47.0 Å². The van der Waals surface area contributed by atoms with E-state index in [0.717, 1.165) is 0 Å². The molecule has 1 unspecified atom stereocenters. The summed E-state index contributed by atoms with van der Waals surface area (Å²) in [6.45, 7) is 3.87. The number of carbonyl (C=O) groups is 1. The number of carbonyl (C=O) groups excluding carboxylic acids is 1. The van der Waals surface area contributed by atoms with E-state index in [9.17, 15) is 14.9 Å². The average molecular weight is 234 g/mol. The highest BCUT2D eigenvalue weighted by molar-refractivity contribution is 5.90. The zero-order valence-corrected chi connectivity index (χ0v) is 8.91. The Morgan fingerprint density at radius 2 is 2.12 bits per heavy atom. The van der Waals surface area contributed by atoms with Gasteiger partial charge in [0, 0.05) is 17.8 Å². The molecule has 6 heteroatoms. The molecule has 0 radical (unpaired) electrons. The van der Waals surface area contributed by atoms with Crippen molar-refractivity contribution in [2.24, 2.45) is 0 Å². The van der Waals surface area contributed by atoms with E-state index in [1.54, 1.807) is 6.08 Å². The van der Waals surface area contributed by atoms with Gasteiger partial charge >= 0.3 is 6.09 Å². The predicted molar refractivity (Wildman–Crippen MR) is 60.9 cm³/mol. The average Bonchev–Trinajstić information content (AvgIpc) is 2.70. The summed E-state index contributed by atoms with van der Waals surface area (Å²) in [4.78, 5) is 22.9. The van der Waals surface area contributed by atoms with Crippen LogP contribution in [0.2, 0.25) is 0 Å². The third-order valence-electron chi connectivity index (χ3n) is 2.52. The second-order valence-corrected chi connectivity index (χ2v) is 3.52. The summed E-state index contributed by atoms with van der Waals surface area (Å²) in [5.74, 6) is 0. The Labute approximate surface area is 97.2 Å². The monoisotopic (exact) mass is 234 g/mol. The van der Waals surface area contributed by atoms with Crippen LogP contribution < -0.4 is 4.90 Å². The van der Waals surface area contributed by atoms with E-state index < -0.39 is 11.0 Å². The largest absolute Gasteiger partial charge is 0.447 e. The smallest absolute Gasteiger partial charge is 0.415 e. The van der Waals surface area contributed by atoms with Crippen molar-refractivity contribution in [2.75, 3.05) is 11.5 Å². The molecule has 1 aromatic carbocycles. The highest BCUT2D eigenvalue weighted by atomic mass is 16.6. The number of anilines is 1. The minimum absolute atomic E-state index is 0.0172. The molecule has 1 heterocycles. The molecule has 0 aromatic heterocycles. The maximum atomic E-state index is 11.5. The Morgan fingerprint density at radius 1 is 1.47 bits per heavy atom. The zero-order chi connectivity index (χ0) is 12.4. The van der Waals surface area contributed by atoms with Crippen molar-refractivity contribution < 1.29 is 14.5 Å². The lowest BCUT2D eigenvalue weighted by Gasteiger charge is -2.18. The minimum atomic E-state index is -0.489. The van der Waals surface area contributed by atoms with Gasteiger partial charge in [0.15, 0.2) is 0 Å². The second-order valence-electron chi connectivity index (χ2n) is 3.52. The molecule has 1 atom stereocenters. The summed E-state index contributed by atoms with van der Waals surface area (Å²) in [5.41, 5.74) is 0.541. The van der Waals surface area contributed by atoms with Gasteiger partial charge < -0.3 is 4.74 Å². The standard InChI is InChI=1S/C11H10N2O4/c1-2-8-7-17-11(14)12(8)9-3-5-10(6-4-9)13(15)16/h2-6,8H,1,7H2. The van der Waals surface area contributed by atoms with Crippen molar-refractivity contribution in [3.63, 3.8) is 0 Å². The van der Waals surface area contributed by atoms with E-state index in [0.29, 0.717) is 5.69 Å². The molecule has 0 N–H and O–H groups in total. The van der Waals surface area contributed by atoms with Gasteiger partial charge in [-0.25, -0.2) is 4.79 Å². The van der Waals surface area contributed by atoms with Crippen molar-refractivity contribution in [1.29, 1.82) is 0 Å². The van der Waals surface area contributed by atoms with E-state index in [4.69, 9.17) is 4.74 Å². The first-order valence-corrected chi connectivity index (χ1v) is 4.96. The van der Waals surface area contributed by atoms with Crippen LogP contribution in [0.5, 0.6) is 0 Å². The summed E-state index contributed by atoms with van der Waals surface area (Å²) in [7, 11) is 0. The van der Waals surface area contributed by atoms with Crippen LogP contribution >= 0.6 is 0 Å². The Balaban J connectivity index is 2.30. The lowest BCUT2D eigenvalue weighted by Crippen LogP contribution is -2.31. The fourth-order valence-corrected chi connectivity index (χ4v) is 1.64. The number of amides is 1. The van der Waals surface area contributed by atoms with Crippen molar-refractivity contribution in [2.45, 2.75) is 6.04 Å². The number of rotatable bonds is 3. The van der Waals surface area contributed by atoms with Gasteiger partial charge in [0.25, 0.3) is 5.69 Å². The summed E-state index contributed by atoms with van der Waals surface area (Å²) in [6, 6.07) is 5.49. The highest BCUT2D eigenvalue weighted by Crippen LogP contribution is 2.25. The van der Waals surface area contributed by atoms with Gasteiger partial charge in [0.2, 0.25) is 0 Å². The number of hydrogen-bond acceptors (Lipinski definition) is 4. The SMILES string of the molecule is C=CC1COC(=O)N1c1ccc([N+](=O)[O-])cc1. The van der Waals surface area contributed by atoms with E-state index in [1.807, 2.05) is 0 Å². The van der Waals surface area contributed by atoms with Crippen LogP contribution in [0, 0.1) is 10.1 Å². The van der Waals surface area contributed by atoms with E-state index in [-0.39, 0.29) is 18.3 Å². The van der Waals surface area contributed by atoms with Gasteiger partial charge in [-0.15, -0.1) is 6.58 Å². The number of ether oxygens (including phenoxy) is 1. The molecule has 1 aliphatic rings. The zero-order valence-electron chi connectivity index (χ0n) is 8.91. The third kappa shape index (κ3) is 1.96. The number of cyclic esters (lactones) is 1. The molecule has 1 aromatic rings. The topological polar surface area (TPSA) is 72.7 Å². The fraction of sp³-hybridized carbons (Fsp3) is 0.182. The molecule has 17 heavy (non-hydrogen) atoms. The van der Waals surface area contributed by atoms with E-state index >= 15 is 0 Å². The maximum Gasteiger partial charge on any atom is 0.415 e. The molecule has 0 aliphatic carbocycles. The first-order valence-electron chi connectivity index (χ1n) is 4.96. The maximum absolute atomic E-state index is 11.5. The molecule has 1 aliphatic heterocycles. The van der Waals surface area contributed by atoms with Crippen LogP contribution in [0.15, 0.2) is 36.9 Å². The Hall–Kier alpha value is -2.37. The first kappa shape index (κ1) is 11.1. The van der Waals surface area contributed by atoms with Gasteiger partial charge in [-0.1, -0.05) is 6.08 Å². The number of nitrogens with zero attached hydrogens (tertiary/aromatic N) is 2. The number of benzene rings is 1. The lowest BCUT2D eigenvalue weighted by molar-refractivity contribution is -0.384. The molecule has 88 valence electrons. The van der Waals surface area contributed by atoms with Gasteiger partial charge in [0.05, 0.1) is 11.0 Å². The summed E-state index contributed by atoms with van der Waals surface area (Å²) >= 11 is 0. The van der Waals surface area contributed by atoms with Gasteiger partial charge in [-0.3, -0.25) is 15.0 Å². The molecule has 1 fully saturated rings. The first-order chi connectivity index (χ1) is 8.13. The van der Waals surface area contributed by atoms with Crippen molar-refractivity contribution in [1.82, 2.24) is 0 Å². The van der Waals surface area contributed by atoms with Crippen LogP contribution in [0.1, 0.15) is 0 Å². The number of nitro groups is 1. The predicted octanol–water partition coefficient (Wildman–Crippen LogP) is 2.11. The number of non-ortho nitro benzene ring substituents is 1. The molecule has 1 saturated heterocycles. The van der Waals surface area contributed by atoms with Gasteiger partial charge in [0.1, 0.15) is 6.61 Å². The van der Waals surface area contributed by atoms with Gasteiger partial charge in [-0.2, -0.15) is 0 Å². The summed E-state index contributed by atoms with van der Waals surface area (Å²) in [5, 5.41) is 10.5. The fourth-order valence-electron chi connectivity index (χ4n) is 1.64. The Bertz CT molecular complexity index is 469. The molecule has 6 nitrogen and oxygen atoms in total. The van der Waals surface area contributed by atoms with Crippen LogP contribution in [0.3, 0.4) is 0 Å². The normalized spacial score (nSPS) is 18.9. The number of hydrogen-bond donors (Lipinski definition) is 0. The second kappa shape index (κ2) is 4.25. The minimum Gasteiger partial charge on any atom is -0.447 e. The highest BCUT2D eigenvalue weighted by Gasteiger charge is 2.32. The van der Waals surface area contributed by atoms with E-state index in [2.05, 4.69) is 6.58 Å². The van der Waals surface area contributed by atoms with Gasteiger partial charge in [-0.05, 0) is 12.1 Å². The number of nitro benzene ring substituents is 1. The molecule has 0 saturated carbocycles. The van der Waals surface area contributed by atoms with Crippen LogP contribution in [0.4, 0.5) is 16.2 Å². The molecular formula is C11H10N2O4. The molecule has 2 rings (SSSR count). The molecular weight excluding hydrogens is 224 g/mol. The summed E-state index contributed by atoms with van der Waals surface area (Å²) in [6.07, 6.45) is 1.13. The van der Waals surface area contributed by atoms with Crippen LogP contribution in [-0.2, 0) is 4.74 Å². The third-order valence-corrected chi connectivity index (χ3v) is 2.52. The summed E-state index contributed by atoms with van der Waals surface area (Å²) < 4.78 is 4.88. The van der Waals surface area contributed by atoms with Crippen LogP contribution in [-0.4, -0.2) is 23.7 Å². The van der Waals surface area contributed by atoms with E-state index in [1.165, 1.54) is 29.2 Å². The molecule has 1 amide bonds. The van der Waals surface area contributed by atoms with Crippen molar-refractivity contribution in [3.8, 4) is 0 Å².